The van der Waals surface area contributed by atoms with Gasteiger partial charge in [0.15, 0.2) is 20.5 Å². The van der Waals surface area contributed by atoms with Gasteiger partial charge in [0.2, 0.25) is 0 Å². The van der Waals surface area contributed by atoms with Crippen molar-refractivity contribution < 1.29 is 36.4 Å². The number of pyridine rings is 1. The van der Waals surface area contributed by atoms with Crippen molar-refractivity contribution in [1.29, 1.82) is 0 Å². The van der Waals surface area contributed by atoms with Gasteiger partial charge in [-0.25, -0.2) is 13.4 Å². The lowest BCUT2D eigenvalue weighted by Crippen LogP contribution is -2.46. The molecular formula is C16H14F3N3O6S. The van der Waals surface area contributed by atoms with Crippen molar-refractivity contribution >= 4 is 27.1 Å². The monoisotopic (exact) mass is 433 g/mol. The summed E-state index contributed by atoms with van der Waals surface area (Å²) in [7, 11) is -4.20. The van der Waals surface area contributed by atoms with Gasteiger partial charge in [-0.2, -0.15) is 13.2 Å². The van der Waals surface area contributed by atoms with E-state index in [4.69, 9.17) is 0 Å². The molecule has 1 atom stereocenters. The molecule has 13 heteroatoms. The van der Waals surface area contributed by atoms with Gasteiger partial charge in [-0.3, -0.25) is 14.9 Å². The molecule has 29 heavy (non-hydrogen) atoms. The number of carbonyl (C=O) groups is 1. The molecule has 0 aliphatic rings. The quantitative estimate of drug-likeness (QED) is 0.526. The van der Waals surface area contributed by atoms with Crippen LogP contribution in [-0.4, -0.2) is 40.7 Å². The molecule has 0 saturated heterocycles. The highest BCUT2D eigenvalue weighted by Crippen LogP contribution is 2.37. The fourth-order valence-corrected chi connectivity index (χ4v) is 3.83. The van der Waals surface area contributed by atoms with E-state index in [2.05, 4.69) is 4.98 Å². The Kier molecular flexibility index (Phi) is 5.94. The number of halogens is 3. The van der Waals surface area contributed by atoms with E-state index in [1.165, 1.54) is 18.3 Å². The lowest BCUT2D eigenvalue weighted by atomic mass is 10.1. The predicted octanol–water partition coefficient (Wildman–Crippen LogP) is 2.17. The number of nitro benzene ring substituents is 1. The maximum atomic E-state index is 13.0. The number of sulfone groups is 1. The molecule has 1 unspecified atom stereocenters. The van der Waals surface area contributed by atoms with Gasteiger partial charge in [-0.05, 0) is 31.2 Å². The van der Waals surface area contributed by atoms with Crippen LogP contribution >= 0.6 is 0 Å². The summed E-state index contributed by atoms with van der Waals surface area (Å²) in [4.78, 5) is 25.4. The first-order valence-electron chi connectivity index (χ1n) is 7.77. The van der Waals surface area contributed by atoms with Gasteiger partial charge in [0.25, 0.3) is 11.6 Å². The Bertz CT molecular complexity index is 1040. The number of benzene rings is 1. The molecule has 1 heterocycles. The lowest BCUT2D eigenvalue weighted by molar-refractivity contribution is -0.388. The van der Waals surface area contributed by atoms with Crippen LogP contribution in [0.1, 0.15) is 12.5 Å². The maximum Gasteiger partial charge on any atom is 0.423 e. The lowest BCUT2D eigenvalue weighted by Gasteiger charge is -2.22. The summed E-state index contributed by atoms with van der Waals surface area (Å²) in [6.07, 6.45) is -3.88. The molecule has 2 aromatic rings. The number of hydrogen-bond acceptors (Lipinski definition) is 7. The molecule has 2 rings (SSSR count). The van der Waals surface area contributed by atoms with Gasteiger partial charge in [-0.15, -0.1) is 0 Å². The molecular weight excluding hydrogens is 419 g/mol. The van der Waals surface area contributed by atoms with Gasteiger partial charge < -0.3 is 10.4 Å². The Labute approximate surface area is 162 Å². The summed E-state index contributed by atoms with van der Waals surface area (Å²) in [5.74, 6) is -2.42. The number of nitro groups is 1. The van der Waals surface area contributed by atoms with E-state index in [0.29, 0.717) is 12.1 Å². The zero-order valence-electron chi connectivity index (χ0n) is 14.7. The third kappa shape index (κ3) is 5.26. The first-order valence-corrected chi connectivity index (χ1v) is 9.42. The largest absolute Gasteiger partial charge is 0.423 e. The molecule has 0 radical (unpaired) electrons. The van der Waals surface area contributed by atoms with Gasteiger partial charge in [-0.1, -0.05) is 6.07 Å². The number of carbonyl (C=O) groups excluding carboxylic acids is 1. The SMILES string of the molecule is CC(O)(CS(=O)(=O)c1ccccn1)C(=O)Nc1ccc([N+](=O)[O-])c(C(F)(F)F)c1. The van der Waals surface area contributed by atoms with E-state index in [9.17, 15) is 41.6 Å². The summed E-state index contributed by atoms with van der Waals surface area (Å²) >= 11 is 0. The van der Waals surface area contributed by atoms with Crippen LogP contribution in [-0.2, 0) is 20.8 Å². The predicted molar refractivity (Wildman–Crippen MR) is 93.6 cm³/mol. The molecule has 1 amide bonds. The fraction of sp³-hybridized carbons (Fsp3) is 0.250. The average molecular weight is 433 g/mol. The molecule has 1 aromatic carbocycles. The van der Waals surface area contributed by atoms with Gasteiger partial charge >= 0.3 is 6.18 Å². The molecule has 2 N–H and O–H groups in total. The first-order chi connectivity index (χ1) is 13.2. The topological polar surface area (TPSA) is 140 Å². The number of aromatic nitrogens is 1. The normalized spacial score (nSPS) is 14.1. The van der Waals surface area contributed by atoms with Crippen molar-refractivity contribution in [1.82, 2.24) is 4.98 Å². The highest BCUT2D eigenvalue weighted by Gasteiger charge is 2.40. The highest BCUT2D eigenvalue weighted by atomic mass is 32.2. The zero-order valence-corrected chi connectivity index (χ0v) is 15.5. The molecule has 1 aromatic heterocycles. The van der Waals surface area contributed by atoms with Gasteiger partial charge in [0, 0.05) is 18.0 Å². The third-order valence-corrected chi connectivity index (χ3v) is 5.49. The summed E-state index contributed by atoms with van der Waals surface area (Å²) in [6.45, 7) is 0.860. The van der Waals surface area contributed by atoms with Crippen LogP contribution in [0.25, 0.3) is 0 Å². The average Bonchev–Trinajstić information content (AvgIpc) is 2.60. The van der Waals surface area contributed by atoms with Crippen LogP contribution in [0.4, 0.5) is 24.5 Å². The third-order valence-electron chi connectivity index (χ3n) is 3.67. The highest BCUT2D eigenvalue weighted by molar-refractivity contribution is 7.91. The maximum absolute atomic E-state index is 13.0. The molecule has 0 bridgehead atoms. The summed E-state index contributed by atoms with van der Waals surface area (Å²) in [5, 5.41) is 22.6. The number of amides is 1. The van der Waals surface area contributed by atoms with Crippen LogP contribution in [0.3, 0.4) is 0 Å². The van der Waals surface area contributed by atoms with E-state index < -0.39 is 60.2 Å². The Morgan fingerprint density at radius 1 is 1.28 bits per heavy atom. The van der Waals surface area contributed by atoms with E-state index >= 15 is 0 Å². The summed E-state index contributed by atoms with van der Waals surface area (Å²) in [6, 6.07) is 5.67. The van der Waals surface area contributed by atoms with Crippen LogP contribution in [0.5, 0.6) is 0 Å². The number of aliphatic hydroxyl groups is 1. The summed E-state index contributed by atoms with van der Waals surface area (Å²) < 4.78 is 63.6. The minimum absolute atomic E-state index is 0.319. The number of rotatable bonds is 6. The second-order valence-electron chi connectivity index (χ2n) is 6.14. The standard InChI is InChI=1S/C16H14F3N3O6S/c1-15(24,9-29(27,28)13-4-2-3-7-20-13)14(23)21-10-5-6-12(22(25)26)11(8-10)16(17,18)19/h2-8,24H,9H2,1H3,(H,21,23). The van der Waals surface area contributed by atoms with Gasteiger partial charge in [0.1, 0.15) is 5.56 Å². The van der Waals surface area contributed by atoms with E-state index in [1.54, 1.807) is 0 Å². The second-order valence-corrected chi connectivity index (χ2v) is 8.08. The number of hydrogen-bond donors (Lipinski definition) is 2. The molecule has 9 nitrogen and oxygen atoms in total. The number of alkyl halides is 3. The van der Waals surface area contributed by atoms with Crippen molar-refractivity contribution in [2.24, 2.45) is 0 Å². The first kappa shape index (κ1) is 22.2. The van der Waals surface area contributed by atoms with Crippen LogP contribution < -0.4 is 5.32 Å². The fourth-order valence-electron chi connectivity index (χ4n) is 2.31. The van der Waals surface area contributed by atoms with Crippen molar-refractivity contribution in [3.05, 3.63) is 58.3 Å². The molecule has 0 aliphatic heterocycles. The Morgan fingerprint density at radius 3 is 2.45 bits per heavy atom. The smallest absolute Gasteiger partial charge is 0.379 e. The molecule has 0 fully saturated rings. The zero-order chi connectivity index (χ0) is 22.0. The van der Waals surface area contributed by atoms with Crippen LogP contribution in [0.2, 0.25) is 0 Å². The summed E-state index contributed by atoms with van der Waals surface area (Å²) in [5.41, 5.74) is -5.87. The van der Waals surface area contributed by atoms with Crippen molar-refractivity contribution in [2.45, 2.75) is 23.7 Å². The van der Waals surface area contributed by atoms with Crippen LogP contribution in [0, 0.1) is 10.1 Å². The van der Waals surface area contributed by atoms with Crippen molar-refractivity contribution in [3.63, 3.8) is 0 Å². The van der Waals surface area contributed by atoms with Crippen LogP contribution in [0.15, 0.2) is 47.6 Å². The number of nitrogens with zero attached hydrogens (tertiary/aromatic N) is 2. The van der Waals surface area contributed by atoms with Gasteiger partial charge in [0.05, 0.1) is 10.7 Å². The molecule has 156 valence electrons. The number of nitrogens with one attached hydrogen (secondary N) is 1. The van der Waals surface area contributed by atoms with E-state index in [1.807, 2.05) is 5.32 Å². The van der Waals surface area contributed by atoms with Crippen molar-refractivity contribution in [2.75, 3.05) is 11.1 Å². The molecule has 0 saturated carbocycles. The Hall–Kier alpha value is -3.06. The molecule has 0 spiro atoms. The minimum Gasteiger partial charge on any atom is -0.379 e. The Balaban J connectivity index is 2.28. The van der Waals surface area contributed by atoms with E-state index in [0.717, 1.165) is 19.1 Å². The second kappa shape index (κ2) is 7.75. The van der Waals surface area contributed by atoms with E-state index in [-0.39, 0.29) is 0 Å². The Morgan fingerprint density at radius 2 is 1.93 bits per heavy atom. The number of anilines is 1. The minimum atomic E-state index is -5.08. The molecule has 0 aliphatic carbocycles. The van der Waals surface area contributed by atoms with Crippen molar-refractivity contribution in [3.8, 4) is 0 Å².